The molecule has 4 heterocycles. The number of rotatable bonds is 6. The molecule has 1 atom stereocenters. The van der Waals surface area contributed by atoms with Gasteiger partial charge in [0.15, 0.2) is 0 Å². The van der Waals surface area contributed by atoms with Gasteiger partial charge in [-0.2, -0.15) is 13.2 Å². The highest BCUT2D eigenvalue weighted by Gasteiger charge is 2.38. The van der Waals surface area contributed by atoms with Crippen molar-refractivity contribution >= 4 is 23.2 Å². The first-order chi connectivity index (χ1) is 17.3. The van der Waals surface area contributed by atoms with Crippen LogP contribution in [-0.2, 0) is 9.53 Å². The maximum atomic E-state index is 12.9. The molecular formula is C23H23F5N4O5. The Labute approximate surface area is 207 Å². The number of imidazole rings is 1. The van der Waals surface area contributed by atoms with E-state index < -0.39 is 30.2 Å². The Kier molecular flexibility index (Phi) is 8.63. The summed E-state index contributed by atoms with van der Waals surface area (Å²) in [5.41, 5.74) is 1.45. The standard InChI is InChI=1S/C21H22F2N4O3.C2HF3O2/c1-12(2)30-18-8-19-25-16(13-6-7-29-11-13)9-27(19)10-17(18)26-21(28)15-5-3-4-14(24-15)20(22)23;3-2(4,5)1(6)7/h3-5,8-10,12-13,20H,6-7,11H2,1-2H3,(H,26,28);(H,6,7). The number of carbonyl (C=O) groups excluding carboxylic acids is 1. The lowest BCUT2D eigenvalue weighted by atomic mass is 10.1. The summed E-state index contributed by atoms with van der Waals surface area (Å²) in [5, 5.41) is 9.85. The molecule has 0 spiro atoms. The molecule has 9 nitrogen and oxygen atoms in total. The summed E-state index contributed by atoms with van der Waals surface area (Å²) in [6.07, 6.45) is -3.46. The first-order valence-corrected chi connectivity index (χ1v) is 11.0. The smallest absolute Gasteiger partial charge is 0.489 e. The minimum Gasteiger partial charge on any atom is -0.489 e. The van der Waals surface area contributed by atoms with Crippen LogP contribution in [0.5, 0.6) is 5.75 Å². The van der Waals surface area contributed by atoms with Crippen molar-refractivity contribution in [3.63, 3.8) is 0 Å². The molecule has 1 aliphatic rings. The second-order valence-corrected chi connectivity index (χ2v) is 8.22. The van der Waals surface area contributed by atoms with E-state index in [1.54, 1.807) is 16.7 Å². The van der Waals surface area contributed by atoms with Crippen molar-refractivity contribution in [3.05, 3.63) is 53.7 Å². The lowest BCUT2D eigenvalue weighted by Gasteiger charge is -2.15. The Morgan fingerprint density at radius 2 is 1.92 bits per heavy atom. The average Bonchev–Trinajstić information content (AvgIpc) is 3.48. The highest BCUT2D eigenvalue weighted by atomic mass is 19.4. The van der Waals surface area contributed by atoms with Crippen molar-refractivity contribution in [2.45, 2.75) is 44.9 Å². The number of anilines is 1. The minimum atomic E-state index is -5.08. The van der Waals surface area contributed by atoms with Crippen LogP contribution < -0.4 is 10.1 Å². The molecule has 1 amide bonds. The summed E-state index contributed by atoms with van der Waals surface area (Å²) in [5.74, 6) is -2.68. The largest absolute Gasteiger partial charge is 0.490 e. The van der Waals surface area contributed by atoms with Gasteiger partial charge in [0.2, 0.25) is 0 Å². The number of fused-ring (bicyclic) bond motifs is 1. The van der Waals surface area contributed by atoms with Crippen LogP contribution in [0.4, 0.5) is 27.6 Å². The molecule has 2 N–H and O–H groups in total. The Morgan fingerprint density at radius 1 is 1.22 bits per heavy atom. The number of aromatic nitrogens is 3. The van der Waals surface area contributed by atoms with Crippen molar-refractivity contribution in [2.75, 3.05) is 18.5 Å². The first kappa shape index (κ1) is 27.8. The molecular weight excluding hydrogens is 507 g/mol. The Morgan fingerprint density at radius 3 is 2.49 bits per heavy atom. The maximum Gasteiger partial charge on any atom is 0.490 e. The lowest BCUT2D eigenvalue weighted by molar-refractivity contribution is -0.192. The van der Waals surface area contributed by atoms with E-state index in [4.69, 9.17) is 19.4 Å². The Bertz CT molecular complexity index is 1260. The molecule has 0 radical (unpaired) electrons. The summed E-state index contributed by atoms with van der Waals surface area (Å²) < 4.78 is 70.7. The molecule has 4 rings (SSSR count). The monoisotopic (exact) mass is 530 g/mol. The molecule has 3 aromatic rings. The number of hydrogen-bond acceptors (Lipinski definition) is 6. The van der Waals surface area contributed by atoms with E-state index in [9.17, 15) is 26.7 Å². The zero-order chi connectivity index (χ0) is 27.3. The molecule has 0 bridgehead atoms. The molecule has 0 saturated carbocycles. The molecule has 0 aliphatic carbocycles. The number of hydrogen-bond donors (Lipinski definition) is 2. The van der Waals surface area contributed by atoms with Gasteiger partial charge in [0.1, 0.15) is 28.5 Å². The van der Waals surface area contributed by atoms with Crippen LogP contribution in [0.3, 0.4) is 0 Å². The topological polar surface area (TPSA) is 115 Å². The number of amides is 1. The van der Waals surface area contributed by atoms with Crippen LogP contribution >= 0.6 is 0 Å². The Hall–Kier alpha value is -3.81. The van der Waals surface area contributed by atoms with E-state index >= 15 is 0 Å². The second kappa shape index (κ2) is 11.5. The number of aliphatic carboxylic acids is 1. The van der Waals surface area contributed by atoms with Crippen LogP contribution in [0, 0.1) is 0 Å². The van der Waals surface area contributed by atoms with Gasteiger partial charge in [-0.1, -0.05) is 6.07 Å². The SMILES string of the molecule is CC(C)Oc1cc2nc(C3CCOC3)cn2cc1NC(=O)c1cccc(C(F)F)n1.O=C(O)C(F)(F)F. The first-order valence-electron chi connectivity index (χ1n) is 11.0. The van der Waals surface area contributed by atoms with Gasteiger partial charge in [0, 0.05) is 31.0 Å². The normalized spacial score (nSPS) is 15.5. The number of carboxylic acid groups (broad SMARTS) is 1. The zero-order valence-corrected chi connectivity index (χ0v) is 19.6. The van der Waals surface area contributed by atoms with Gasteiger partial charge in [0.05, 0.1) is 18.4 Å². The van der Waals surface area contributed by atoms with Crippen LogP contribution in [0.2, 0.25) is 0 Å². The molecule has 1 aliphatic heterocycles. The van der Waals surface area contributed by atoms with Gasteiger partial charge in [-0.15, -0.1) is 0 Å². The quantitative estimate of drug-likeness (QED) is 0.438. The number of carboxylic acids is 1. The molecule has 37 heavy (non-hydrogen) atoms. The number of ether oxygens (including phenoxy) is 2. The van der Waals surface area contributed by atoms with Crippen molar-refractivity contribution < 1.29 is 46.1 Å². The summed E-state index contributed by atoms with van der Waals surface area (Å²) in [7, 11) is 0. The van der Waals surface area contributed by atoms with Crippen LogP contribution in [0.15, 0.2) is 36.7 Å². The third-order valence-electron chi connectivity index (χ3n) is 5.00. The maximum absolute atomic E-state index is 12.9. The van der Waals surface area contributed by atoms with E-state index in [0.717, 1.165) is 12.1 Å². The number of alkyl halides is 5. The van der Waals surface area contributed by atoms with E-state index in [2.05, 4.69) is 15.3 Å². The predicted molar refractivity (Wildman–Crippen MR) is 120 cm³/mol. The van der Waals surface area contributed by atoms with Crippen molar-refractivity contribution in [1.82, 2.24) is 14.4 Å². The van der Waals surface area contributed by atoms with Crippen LogP contribution in [-0.4, -0.2) is 56.8 Å². The van der Waals surface area contributed by atoms with Gasteiger partial charge in [0.25, 0.3) is 12.3 Å². The lowest BCUT2D eigenvalue weighted by Crippen LogP contribution is -2.21. The summed E-state index contributed by atoms with van der Waals surface area (Å²) >= 11 is 0. The third kappa shape index (κ3) is 7.35. The minimum absolute atomic E-state index is 0.0992. The number of nitrogens with one attached hydrogen (secondary N) is 1. The molecule has 1 fully saturated rings. The van der Waals surface area contributed by atoms with Gasteiger partial charge in [-0.05, 0) is 32.4 Å². The molecule has 1 unspecified atom stereocenters. The fourth-order valence-electron chi connectivity index (χ4n) is 3.33. The van der Waals surface area contributed by atoms with Crippen LogP contribution in [0.25, 0.3) is 5.65 Å². The fraction of sp³-hybridized carbons (Fsp3) is 0.391. The number of halogens is 5. The third-order valence-corrected chi connectivity index (χ3v) is 5.00. The van der Waals surface area contributed by atoms with E-state index in [-0.39, 0.29) is 17.7 Å². The predicted octanol–water partition coefficient (Wildman–Crippen LogP) is 4.84. The summed E-state index contributed by atoms with van der Waals surface area (Å²) in [6.45, 7) is 5.09. The fourth-order valence-corrected chi connectivity index (χ4v) is 3.33. The van der Waals surface area contributed by atoms with Gasteiger partial charge in [-0.25, -0.2) is 23.5 Å². The van der Waals surface area contributed by atoms with E-state index in [1.807, 2.05) is 20.0 Å². The molecule has 1 saturated heterocycles. The molecule has 14 heteroatoms. The number of nitrogens with zero attached hydrogens (tertiary/aromatic N) is 3. The van der Waals surface area contributed by atoms with E-state index in [0.29, 0.717) is 30.3 Å². The van der Waals surface area contributed by atoms with Crippen molar-refractivity contribution in [3.8, 4) is 5.75 Å². The van der Waals surface area contributed by atoms with Crippen molar-refractivity contribution in [1.29, 1.82) is 0 Å². The van der Waals surface area contributed by atoms with Crippen LogP contribution in [0.1, 0.15) is 54.5 Å². The average molecular weight is 530 g/mol. The Balaban J connectivity index is 0.000000479. The van der Waals surface area contributed by atoms with Gasteiger partial charge in [-0.3, -0.25) is 4.79 Å². The molecule has 200 valence electrons. The van der Waals surface area contributed by atoms with E-state index in [1.165, 1.54) is 18.2 Å². The summed E-state index contributed by atoms with van der Waals surface area (Å²) in [6, 6.07) is 5.70. The zero-order valence-electron chi connectivity index (χ0n) is 19.6. The second-order valence-electron chi connectivity index (χ2n) is 8.22. The molecule has 0 aromatic carbocycles. The number of pyridine rings is 2. The van der Waals surface area contributed by atoms with Gasteiger partial charge < -0.3 is 24.3 Å². The highest BCUT2D eigenvalue weighted by molar-refractivity contribution is 6.03. The molecule has 3 aromatic heterocycles. The highest BCUT2D eigenvalue weighted by Crippen LogP contribution is 2.31. The van der Waals surface area contributed by atoms with Crippen molar-refractivity contribution in [2.24, 2.45) is 0 Å². The summed E-state index contributed by atoms with van der Waals surface area (Å²) in [4.78, 5) is 30.0. The number of carbonyl (C=O) groups is 2. The van der Waals surface area contributed by atoms with Gasteiger partial charge >= 0.3 is 12.1 Å².